The van der Waals surface area contributed by atoms with Gasteiger partial charge in [-0.2, -0.15) is 0 Å². The maximum absolute atomic E-state index is 13.3. The lowest BCUT2D eigenvalue weighted by Crippen LogP contribution is -2.32. The molecule has 29 heavy (non-hydrogen) atoms. The molecule has 4 nitrogen and oxygen atoms in total. The van der Waals surface area contributed by atoms with E-state index in [0.29, 0.717) is 21.8 Å². The molecule has 0 atom stereocenters. The van der Waals surface area contributed by atoms with Crippen molar-refractivity contribution in [1.82, 2.24) is 0 Å². The molecule has 0 radical (unpaired) electrons. The minimum atomic E-state index is -0.398. The number of carbonyl (C=O) groups is 2. The van der Waals surface area contributed by atoms with Crippen LogP contribution in [0.1, 0.15) is 11.1 Å². The van der Waals surface area contributed by atoms with Gasteiger partial charge in [-0.05, 0) is 60.5 Å². The van der Waals surface area contributed by atoms with Crippen LogP contribution in [0.5, 0.6) is 0 Å². The van der Waals surface area contributed by atoms with Crippen LogP contribution in [0.15, 0.2) is 83.0 Å². The van der Waals surface area contributed by atoms with Crippen molar-refractivity contribution in [3.63, 3.8) is 0 Å². The Morgan fingerprint density at radius 1 is 0.897 bits per heavy atom. The van der Waals surface area contributed by atoms with Gasteiger partial charge < -0.3 is 5.32 Å². The third-order valence-corrected chi connectivity index (χ3v) is 5.44. The van der Waals surface area contributed by atoms with Crippen molar-refractivity contribution in [2.45, 2.75) is 6.92 Å². The zero-order valence-corrected chi connectivity index (χ0v) is 17.8. The smallest absolute Gasteiger partial charge is 0.282 e. The first kappa shape index (κ1) is 19.4. The molecule has 1 aliphatic heterocycles. The highest BCUT2D eigenvalue weighted by Crippen LogP contribution is 2.34. The third kappa shape index (κ3) is 3.71. The molecule has 144 valence electrons. The minimum Gasteiger partial charge on any atom is -0.350 e. The zero-order chi connectivity index (χ0) is 20.5. The average Bonchev–Trinajstić information content (AvgIpc) is 2.95. The highest BCUT2D eigenvalue weighted by atomic mass is 79.9. The van der Waals surface area contributed by atoms with E-state index in [4.69, 9.17) is 11.6 Å². The first-order valence-corrected chi connectivity index (χ1v) is 10.1. The van der Waals surface area contributed by atoms with Gasteiger partial charge in [0, 0.05) is 15.2 Å². The molecule has 6 heteroatoms. The van der Waals surface area contributed by atoms with Crippen molar-refractivity contribution in [2.75, 3.05) is 10.2 Å². The maximum atomic E-state index is 13.3. The summed E-state index contributed by atoms with van der Waals surface area (Å²) in [5.41, 5.74) is 3.37. The van der Waals surface area contributed by atoms with E-state index in [1.54, 1.807) is 42.5 Å². The molecular weight excluding hydrogens is 452 g/mol. The van der Waals surface area contributed by atoms with E-state index in [9.17, 15) is 9.59 Å². The number of benzene rings is 3. The molecule has 0 bridgehead atoms. The molecule has 0 unspecified atom stereocenters. The Balaban J connectivity index is 1.82. The lowest BCUT2D eigenvalue weighted by molar-refractivity contribution is -0.120. The van der Waals surface area contributed by atoms with E-state index >= 15 is 0 Å². The van der Waals surface area contributed by atoms with Crippen LogP contribution in [-0.2, 0) is 9.59 Å². The summed E-state index contributed by atoms with van der Waals surface area (Å²) in [6.07, 6.45) is 0. The van der Waals surface area contributed by atoms with Crippen LogP contribution in [0.25, 0.3) is 5.57 Å². The first-order chi connectivity index (χ1) is 14.0. The molecule has 0 fully saturated rings. The summed E-state index contributed by atoms with van der Waals surface area (Å²) >= 11 is 9.43. The van der Waals surface area contributed by atoms with Gasteiger partial charge in [-0.1, -0.05) is 57.9 Å². The van der Waals surface area contributed by atoms with Gasteiger partial charge in [-0.25, -0.2) is 4.90 Å². The maximum Gasteiger partial charge on any atom is 0.282 e. The Morgan fingerprint density at radius 2 is 1.59 bits per heavy atom. The van der Waals surface area contributed by atoms with Crippen LogP contribution < -0.4 is 10.2 Å². The predicted octanol–water partition coefficient (Wildman–Crippen LogP) is 5.81. The monoisotopic (exact) mass is 466 g/mol. The van der Waals surface area contributed by atoms with Crippen LogP contribution in [0.4, 0.5) is 11.4 Å². The average molecular weight is 468 g/mol. The van der Waals surface area contributed by atoms with Gasteiger partial charge >= 0.3 is 0 Å². The summed E-state index contributed by atoms with van der Waals surface area (Å²) in [5.74, 6) is -0.761. The normalized spacial score (nSPS) is 14.0. The molecule has 1 heterocycles. The van der Waals surface area contributed by atoms with Crippen LogP contribution in [0, 0.1) is 6.92 Å². The molecule has 2 amide bonds. The molecule has 3 aromatic rings. The Bertz CT molecular complexity index is 1140. The molecule has 0 aromatic heterocycles. The number of nitrogens with zero attached hydrogens (tertiary/aromatic N) is 1. The van der Waals surface area contributed by atoms with Crippen LogP contribution in [-0.4, -0.2) is 11.8 Å². The molecule has 0 spiro atoms. The van der Waals surface area contributed by atoms with E-state index < -0.39 is 5.91 Å². The number of hydrogen-bond donors (Lipinski definition) is 1. The highest BCUT2D eigenvalue weighted by molar-refractivity contribution is 9.10. The zero-order valence-electron chi connectivity index (χ0n) is 15.4. The Kier molecular flexibility index (Phi) is 5.26. The minimum absolute atomic E-state index is 0.245. The van der Waals surface area contributed by atoms with Gasteiger partial charge in [0.2, 0.25) is 0 Å². The molecule has 4 rings (SSSR count). The fraction of sp³-hybridized carbons (Fsp3) is 0.0435. The van der Waals surface area contributed by atoms with Crippen LogP contribution in [0.2, 0.25) is 5.02 Å². The fourth-order valence-corrected chi connectivity index (χ4v) is 3.74. The number of anilines is 2. The summed E-state index contributed by atoms with van der Waals surface area (Å²) in [7, 11) is 0. The number of carbonyl (C=O) groups excluding carboxylic acids is 2. The van der Waals surface area contributed by atoms with E-state index in [1.165, 1.54) is 4.90 Å². The second-order valence-corrected chi connectivity index (χ2v) is 7.97. The van der Waals surface area contributed by atoms with Crippen molar-refractivity contribution in [2.24, 2.45) is 0 Å². The van der Waals surface area contributed by atoms with E-state index in [2.05, 4.69) is 21.2 Å². The predicted molar refractivity (Wildman–Crippen MR) is 120 cm³/mol. The molecule has 3 aromatic carbocycles. The Morgan fingerprint density at radius 3 is 2.24 bits per heavy atom. The Labute approximate surface area is 181 Å². The van der Waals surface area contributed by atoms with E-state index in [1.807, 2.05) is 37.3 Å². The van der Waals surface area contributed by atoms with Crippen molar-refractivity contribution >= 4 is 56.3 Å². The number of amides is 2. The molecule has 0 saturated heterocycles. The number of hydrogen-bond acceptors (Lipinski definition) is 3. The summed E-state index contributed by atoms with van der Waals surface area (Å²) in [6, 6.07) is 21.6. The second-order valence-electron chi connectivity index (χ2n) is 6.62. The first-order valence-electron chi connectivity index (χ1n) is 8.93. The summed E-state index contributed by atoms with van der Waals surface area (Å²) in [4.78, 5) is 27.8. The van der Waals surface area contributed by atoms with Gasteiger partial charge in [0.15, 0.2) is 0 Å². The lowest BCUT2D eigenvalue weighted by Gasteiger charge is -2.16. The number of aryl methyl sites for hydroxylation is 1. The standard InChI is InChI=1S/C23H16BrClN2O2/c1-14-13-17(25)9-12-19(14)26-21-20(15-5-3-2-4-6-15)22(28)27(23(21)29)18-10-7-16(24)8-11-18/h2-13,26H,1H3. The van der Waals surface area contributed by atoms with E-state index in [-0.39, 0.29) is 11.6 Å². The van der Waals surface area contributed by atoms with Crippen LogP contribution in [0.3, 0.4) is 0 Å². The van der Waals surface area contributed by atoms with Gasteiger partial charge in [0.05, 0.1) is 11.3 Å². The van der Waals surface area contributed by atoms with Gasteiger partial charge in [-0.15, -0.1) is 0 Å². The van der Waals surface area contributed by atoms with Crippen LogP contribution >= 0.6 is 27.5 Å². The fourth-order valence-electron chi connectivity index (χ4n) is 3.24. The van der Waals surface area contributed by atoms with Gasteiger partial charge in [0.1, 0.15) is 5.70 Å². The number of halogens is 2. The SMILES string of the molecule is Cc1cc(Cl)ccc1NC1=C(c2ccccc2)C(=O)N(c2ccc(Br)cc2)C1=O. The number of rotatable bonds is 4. The van der Waals surface area contributed by atoms with Gasteiger partial charge in [-0.3, -0.25) is 9.59 Å². The summed E-state index contributed by atoms with van der Waals surface area (Å²) in [5, 5.41) is 3.78. The summed E-state index contributed by atoms with van der Waals surface area (Å²) in [6.45, 7) is 1.89. The summed E-state index contributed by atoms with van der Waals surface area (Å²) < 4.78 is 0.867. The number of nitrogens with one attached hydrogen (secondary N) is 1. The second kappa shape index (κ2) is 7.85. The molecular formula is C23H16BrClN2O2. The quantitative estimate of drug-likeness (QED) is 0.493. The topological polar surface area (TPSA) is 49.4 Å². The number of imide groups is 1. The van der Waals surface area contributed by atoms with Crippen molar-refractivity contribution < 1.29 is 9.59 Å². The highest BCUT2D eigenvalue weighted by Gasteiger charge is 2.40. The van der Waals surface area contributed by atoms with Crippen molar-refractivity contribution in [3.05, 3.63) is 99.1 Å². The van der Waals surface area contributed by atoms with Gasteiger partial charge in [0.25, 0.3) is 11.8 Å². The van der Waals surface area contributed by atoms with Crippen molar-refractivity contribution in [1.29, 1.82) is 0 Å². The van der Waals surface area contributed by atoms with E-state index in [0.717, 1.165) is 15.7 Å². The van der Waals surface area contributed by atoms with Crippen molar-refractivity contribution in [3.8, 4) is 0 Å². The molecule has 1 N–H and O–H groups in total. The third-order valence-electron chi connectivity index (χ3n) is 4.68. The molecule has 0 saturated carbocycles. The molecule has 1 aliphatic rings. The Hall–Kier alpha value is -2.89. The lowest BCUT2D eigenvalue weighted by atomic mass is 10.0. The molecule has 0 aliphatic carbocycles. The largest absolute Gasteiger partial charge is 0.350 e.